The number of fused-ring (bicyclic) bond motifs is 1. The minimum atomic E-state index is -2.09. The lowest BCUT2D eigenvalue weighted by Crippen LogP contribution is -2.59. The van der Waals surface area contributed by atoms with Gasteiger partial charge in [0.2, 0.25) is 17.7 Å². The molecule has 16 nitrogen and oxygen atoms in total. The molecule has 0 fully saturated rings. The van der Waals surface area contributed by atoms with E-state index in [1.807, 2.05) is 13.8 Å². The summed E-state index contributed by atoms with van der Waals surface area (Å²) in [5.74, 6) is -4.52. The molecule has 3 rings (SSSR count). The number of primary amides is 1. The minimum absolute atomic E-state index is 0.00787. The van der Waals surface area contributed by atoms with Gasteiger partial charge in [-0.3, -0.25) is 24.2 Å². The molecule has 1 heterocycles. The number of hydrogen-bond acceptors (Lipinski definition) is 10. The molecule has 0 aliphatic carbocycles. The van der Waals surface area contributed by atoms with Crippen LogP contribution in [0, 0.1) is 5.92 Å². The van der Waals surface area contributed by atoms with Crippen molar-refractivity contribution in [2.75, 3.05) is 6.54 Å². The summed E-state index contributed by atoms with van der Waals surface area (Å²) in [7, 11) is 0. The summed E-state index contributed by atoms with van der Waals surface area (Å²) in [4.78, 5) is 68.1. The van der Waals surface area contributed by atoms with E-state index < -0.39 is 72.5 Å². The Morgan fingerprint density at radius 3 is 2.30 bits per heavy atom. The SMILES string of the molecule is CC(C)C[C@H](NC(=O)[C@@H](O)[C@@H](O)[C@H](CCCN=C(N)N)NC(=O)[C@@H](CC(N)=O)NC(=O)Cc1ccccc1)[C@@H]1Cc2cccc(O)c2C(=O)O1. The molecule has 12 N–H and O–H groups in total. The van der Waals surface area contributed by atoms with Crippen molar-refractivity contribution in [2.45, 2.75) is 88.8 Å². The number of rotatable bonds is 18. The van der Waals surface area contributed by atoms with Crippen LogP contribution in [0.3, 0.4) is 0 Å². The van der Waals surface area contributed by atoms with Crippen LogP contribution in [-0.2, 0) is 36.8 Å². The summed E-state index contributed by atoms with van der Waals surface area (Å²) in [6.45, 7) is 3.86. The molecule has 2 aromatic rings. The van der Waals surface area contributed by atoms with Crippen LogP contribution < -0.4 is 33.2 Å². The molecule has 0 spiro atoms. The predicted molar refractivity (Wildman–Crippen MR) is 182 cm³/mol. The maximum atomic E-state index is 13.4. The molecule has 0 saturated heterocycles. The highest BCUT2D eigenvalue weighted by Gasteiger charge is 2.39. The number of guanidine groups is 1. The first-order chi connectivity index (χ1) is 23.7. The highest BCUT2D eigenvalue weighted by Crippen LogP contribution is 2.30. The number of hydrogen-bond donors (Lipinski definition) is 9. The number of nitrogens with two attached hydrogens (primary N) is 3. The van der Waals surface area contributed by atoms with Gasteiger partial charge < -0.3 is 53.2 Å². The number of aliphatic hydroxyl groups excluding tert-OH is 2. The van der Waals surface area contributed by atoms with E-state index in [9.17, 15) is 39.3 Å². The van der Waals surface area contributed by atoms with E-state index in [1.165, 1.54) is 6.07 Å². The van der Waals surface area contributed by atoms with Gasteiger partial charge in [-0.15, -0.1) is 0 Å². The first-order valence-corrected chi connectivity index (χ1v) is 16.3. The Labute approximate surface area is 289 Å². The second-order valence-electron chi connectivity index (χ2n) is 12.7. The van der Waals surface area contributed by atoms with E-state index in [-0.39, 0.29) is 55.4 Å². The molecule has 0 radical (unpaired) electrons. The Balaban J connectivity index is 1.77. The Hall–Kier alpha value is -5.22. The Morgan fingerprint density at radius 2 is 1.66 bits per heavy atom. The van der Waals surface area contributed by atoms with Crippen molar-refractivity contribution in [3.8, 4) is 5.75 Å². The molecule has 272 valence electrons. The third-order valence-corrected chi connectivity index (χ3v) is 8.08. The number of phenolic OH excluding ortho intramolecular Hbond substituents is 1. The number of aromatic hydroxyl groups is 1. The highest BCUT2D eigenvalue weighted by atomic mass is 16.5. The maximum Gasteiger partial charge on any atom is 0.342 e. The molecule has 4 amide bonds. The van der Waals surface area contributed by atoms with Crippen molar-refractivity contribution < 1.29 is 44.0 Å². The third kappa shape index (κ3) is 11.7. The van der Waals surface area contributed by atoms with E-state index in [0.29, 0.717) is 17.5 Å². The maximum absolute atomic E-state index is 13.4. The molecule has 0 aromatic heterocycles. The first kappa shape index (κ1) is 39.2. The number of aliphatic hydroxyl groups is 2. The van der Waals surface area contributed by atoms with E-state index in [0.717, 1.165) is 0 Å². The Bertz CT molecular complexity index is 1530. The summed E-state index contributed by atoms with van der Waals surface area (Å²) in [6, 6.07) is 9.80. The van der Waals surface area contributed by atoms with Crippen molar-refractivity contribution in [1.29, 1.82) is 0 Å². The largest absolute Gasteiger partial charge is 0.507 e. The van der Waals surface area contributed by atoms with Gasteiger partial charge >= 0.3 is 5.97 Å². The summed E-state index contributed by atoms with van der Waals surface area (Å²) in [5, 5.41) is 40.2. The van der Waals surface area contributed by atoms with Gasteiger partial charge in [0.05, 0.1) is 24.9 Å². The van der Waals surface area contributed by atoms with E-state index in [4.69, 9.17) is 21.9 Å². The van der Waals surface area contributed by atoms with Crippen molar-refractivity contribution >= 4 is 35.6 Å². The van der Waals surface area contributed by atoms with Crippen molar-refractivity contribution in [3.63, 3.8) is 0 Å². The first-order valence-electron chi connectivity index (χ1n) is 16.3. The second kappa shape index (κ2) is 18.5. The average Bonchev–Trinajstić information content (AvgIpc) is 3.04. The van der Waals surface area contributed by atoms with Crippen molar-refractivity contribution in [1.82, 2.24) is 16.0 Å². The average molecular weight is 698 g/mol. The van der Waals surface area contributed by atoms with Crippen LogP contribution in [0.15, 0.2) is 53.5 Å². The number of amides is 4. The summed E-state index contributed by atoms with van der Waals surface area (Å²) < 4.78 is 5.59. The predicted octanol–water partition coefficient (Wildman–Crippen LogP) is -1.13. The van der Waals surface area contributed by atoms with Gasteiger partial charge in [-0.25, -0.2) is 4.79 Å². The summed E-state index contributed by atoms with van der Waals surface area (Å²) in [6.07, 6.45) is -4.83. The van der Waals surface area contributed by atoms with E-state index >= 15 is 0 Å². The molecule has 1 aliphatic rings. The lowest BCUT2D eigenvalue weighted by atomic mass is 9.90. The molecule has 0 unspecified atom stereocenters. The van der Waals surface area contributed by atoms with Gasteiger partial charge in [-0.05, 0) is 42.4 Å². The number of carbonyl (C=O) groups is 5. The van der Waals surface area contributed by atoms with Gasteiger partial charge in [-0.2, -0.15) is 0 Å². The lowest BCUT2D eigenvalue weighted by Gasteiger charge is -2.34. The van der Waals surface area contributed by atoms with Gasteiger partial charge in [0.25, 0.3) is 5.91 Å². The number of aliphatic imine (C=N–C) groups is 1. The lowest BCUT2D eigenvalue weighted by molar-refractivity contribution is -0.140. The van der Waals surface area contributed by atoms with Crippen molar-refractivity contribution in [2.24, 2.45) is 28.1 Å². The number of phenols is 1. The fourth-order valence-corrected chi connectivity index (χ4v) is 5.69. The molecule has 0 saturated carbocycles. The zero-order chi connectivity index (χ0) is 37.0. The zero-order valence-corrected chi connectivity index (χ0v) is 28.1. The molecule has 1 aliphatic heterocycles. The van der Waals surface area contributed by atoms with Crippen molar-refractivity contribution in [3.05, 3.63) is 65.2 Å². The number of nitrogens with zero attached hydrogens (tertiary/aromatic N) is 1. The van der Waals surface area contributed by atoms with Crippen LogP contribution in [0.1, 0.15) is 61.0 Å². The molecule has 6 atom stereocenters. The molecule has 50 heavy (non-hydrogen) atoms. The van der Waals surface area contributed by atoms with Crippen LogP contribution in [0.2, 0.25) is 0 Å². The number of nitrogens with one attached hydrogen (secondary N) is 3. The van der Waals surface area contributed by atoms with Crippen LogP contribution in [0.25, 0.3) is 0 Å². The van der Waals surface area contributed by atoms with Crippen LogP contribution in [0.5, 0.6) is 5.75 Å². The monoisotopic (exact) mass is 697 g/mol. The molecule has 0 bridgehead atoms. The topological polar surface area (TPSA) is 282 Å². The van der Waals surface area contributed by atoms with Crippen LogP contribution in [-0.4, -0.2) is 93.9 Å². The molecular formula is C34H47N7O9. The quantitative estimate of drug-likeness (QED) is 0.0389. The fourth-order valence-electron chi connectivity index (χ4n) is 5.69. The number of ether oxygens (including phenoxy) is 1. The number of carbonyl (C=O) groups excluding carboxylic acids is 5. The van der Waals surface area contributed by atoms with E-state index in [1.54, 1.807) is 42.5 Å². The molecule has 2 aromatic carbocycles. The highest BCUT2D eigenvalue weighted by molar-refractivity contribution is 5.95. The van der Waals surface area contributed by atoms with Gasteiger partial charge in [0.1, 0.15) is 29.6 Å². The summed E-state index contributed by atoms with van der Waals surface area (Å²) in [5.41, 5.74) is 17.4. The Kier molecular flexibility index (Phi) is 14.5. The van der Waals surface area contributed by atoms with Gasteiger partial charge in [-0.1, -0.05) is 56.3 Å². The zero-order valence-electron chi connectivity index (χ0n) is 28.1. The normalized spacial score (nSPS) is 16.8. The number of esters is 1. The number of benzene rings is 2. The minimum Gasteiger partial charge on any atom is -0.507 e. The standard InChI is InChI=1S/C34H47N7O9/c1-18(2)14-22(25-16-20-10-6-12-24(42)28(20)33(49)50-25)41-32(48)30(46)29(45)21(11-7-13-38-34(36)37)40-31(47)23(17-26(35)43)39-27(44)15-19-8-4-3-5-9-19/h3-6,8-10,12,18,21-23,25,29-30,42,45-46H,7,11,13-17H2,1-2H3,(H2,35,43)(H,39,44)(H,40,47)(H,41,48)(H4,36,37,38)/t21-,22-,23+,25-,29-,30-/m0/s1. The van der Waals surface area contributed by atoms with Gasteiger partial charge in [0.15, 0.2) is 12.1 Å². The third-order valence-electron chi connectivity index (χ3n) is 8.08. The fraction of sp³-hybridized carbons (Fsp3) is 0.471. The van der Waals surface area contributed by atoms with Crippen LogP contribution >= 0.6 is 0 Å². The van der Waals surface area contributed by atoms with E-state index in [2.05, 4.69) is 20.9 Å². The van der Waals surface area contributed by atoms with Crippen LogP contribution in [0.4, 0.5) is 0 Å². The summed E-state index contributed by atoms with van der Waals surface area (Å²) >= 11 is 0. The van der Waals surface area contributed by atoms with Gasteiger partial charge in [0, 0.05) is 13.0 Å². The molecule has 16 heteroatoms. The smallest absolute Gasteiger partial charge is 0.342 e. The number of cyclic esters (lactones) is 1. The molecular weight excluding hydrogens is 650 g/mol. The second-order valence-corrected chi connectivity index (χ2v) is 12.7. The Morgan fingerprint density at radius 1 is 0.960 bits per heavy atom.